The van der Waals surface area contributed by atoms with Crippen LogP contribution in [0.4, 0.5) is 0 Å². The van der Waals surface area contributed by atoms with Crippen LogP contribution in [0.3, 0.4) is 0 Å². The Bertz CT molecular complexity index is 1180. The summed E-state index contributed by atoms with van der Waals surface area (Å²) < 4.78 is 45.6. The molecule has 0 unspecified atom stereocenters. The quantitative estimate of drug-likeness (QED) is 0.0231. The Morgan fingerprint density at radius 2 is 0.863 bits per heavy atom. The Hall–Kier alpha value is -0.814. The maximum Gasteiger partial charge on any atom is 1.00 e. The summed E-state index contributed by atoms with van der Waals surface area (Å²) in [5.41, 5.74) is -0.353. The molecule has 1 aromatic rings. The number of benzene rings is 1. The maximum absolute atomic E-state index is 12.9. The van der Waals surface area contributed by atoms with E-state index in [-0.39, 0.29) is 75.7 Å². The van der Waals surface area contributed by atoms with Crippen molar-refractivity contribution in [2.45, 2.75) is 186 Å². The Balaban J connectivity index is 0.0000250. The van der Waals surface area contributed by atoms with E-state index in [1.807, 2.05) is 0 Å². The number of carbonyl (C=O) groups is 2. The molecule has 0 heterocycles. The third-order valence-corrected chi connectivity index (χ3v) is 9.83. The van der Waals surface area contributed by atoms with Crippen LogP contribution in [0.15, 0.2) is 47.4 Å². The summed E-state index contributed by atoms with van der Waals surface area (Å²) in [5, 5.41) is 0. The van der Waals surface area contributed by atoms with Gasteiger partial charge in [-0.05, 0) is 82.4 Å². The number of hydrogen-bond donors (Lipinski definition) is 0. The summed E-state index contributed by atoms with van der Waals surface area (Å²) in [6, 6.07) is 3.11. The molecular weight excluding hydrogens is 688 g/mol. The molecule has 0 N–H and O–H groups in total. The van der Waals surface area contributed by atoms with E-state index < -0.39 is 27.0 Å². The van der Waals surface area contributed by atoms with Crippen molar-refractivity contribution < 1.29 is 83.4 Å². The molecule has 0 aliphatic heterocycles. The van der Waals surface area contributed by atoms with Crippen LogP contribution in [-0.4, -0.2) is 38.1 Å². The Morgan fingerprint density at radius 3 is 1.24 bits per heavy atom. The van der Waals surface area contributed by atoms with Crippen LogP contribution in [0.5, 0.6) is 0 Å². The van der Waals surface area contributed by atoms with E-state index in [9.17, 15) is 22.6 Å². The minimum atomic E-state index is -4.82. The normalized spacial score (nSPS) is 11.7. The van der Waals surface area contributed by atoms with E-state index >= 15 is 0 Å². The molecule has 0 aromatic heterocycles. The number of hydrogen-bond acceptors (Lipinski definition) is 7. The summed E-state index contributed by atoms with van der Waals surface area (Å²) >= 11 is 0. The molecule has 1 aromatic carbocycles. The van der Waals surface area contributed by atoms with Crippen LogP contribution in [0.1, 0.15) is 202 Å². The van der Waals surface area contributed by atoms with Gasteiger partial charge in [0, 0.05) is 0 Å². The number of rotatable bonds is 33. The SMILES string of the molecule is CCCCCCC/C=C/CCCCCCCCOC(=O)c1ccc(S(=O)(=O)[O-])cc1C(=O)OCCCCCCCC/C=C/CCCCCCC.[K+]. The van der Waals surface area contributed by atoms with Crippen LogP contribution < -0.4 is 51.4 Å². The molecule has 7 nitrogen and oxygen atoms in total. The molecule has 9 heteroatoms. The number of allylic oxidation sites excluding steroid dienone is 4. The number of unbranched alkanes of at least 4 members (excludes halogenated alkanes) is 22. The molecule has 0 aliphatic rings. The zero-order valence-corrected chi connectivity index (χ0v) is 36.5. The van der Waals surface area contributed by atoms with Crippen molar-refractivity contribution in [1.29, 1.82) is 0 Å². The van der Waals surface area contributed by atoms with Crippen molar-refractivity contribution in [3.05, 3.63) is 53.6 Å². The van der Waals surface area contributed by atoms with Crippen molar-refractivity contribution in [2.24, 2.45) is 0 Å². The maximum atomic E-state index is 12.9. The summed E-state index contributed by atoms with van der Waals surface area (Å²) in [5.74, 6) is -1.56. The third kappa shape index (κ3) is 28.3. The first-order chi connectivity index (χ1) is 24.3. The minimum absolute atomic E-state index is 0. The second-order valence-corrected chi connectivity index (χ2v) is 15.0. The molecule has 0 saturated heterocycles. The van der Waals surface area contributed by atoms with E-state index in [1.54, 1.807) is 0 Å². The molecular formula is C42H69KO7S. The van der Waals surface area contributed by atoms with Crippen LogP contribution in [-0.2, 0) is 19.6 Å². The Morgan fingerprint density at radius 1 is 0.529 bits per heavy atom. The van der Waals surface area contributed by atoms with Crippen molar-refractivity contribution in [1.82, 2.24) is 0 Å². The molecule has 0 atom stereocenters. The Kier molecular flexibility index (Phi) is 34.4. The zero-order valence-electron chi connectivity index (χ0n) is 32.6. The monoisotopic (exact) mass is 756 g/mol. The first-order valence-electron chi connectivity index (χ1n) is 20.0. The first kappa shape index (κ1) is 50.2. The van der Waals surface area contributed by atoms with Gasteiger partial charge < -0.3 is 14.0 Å². The van der Waals surface area contributed by atoms with E-state index in [2.05, 4.69) is 38.2 Å². The van der Waals surface area contributed by atoms with Crippen LogP contribution in [0.2, 0.25) is 0 Å². The molecule has 0 amide bonds. The van der Waals surface area contributed by atoms with Gasteiger partial charge in [0.25, 0.3) is 0 Å². The molecule has 51 heavy (non-hydrogen) atoms. The van der Waals surface area contributed by atoms with Crippen molar-refractivity contribution in [3.63, 3.8) is 0 Å². The van der Waals surface area contributed by atoms with Gasteiger partial charge in [-0.25, -0.2) is 18.0 Å². The van der Waals surface area contributed by atoms with E-state index in [4.69, 9.17) is 9.47 Å². The topological polar surface area (TPSA) is 110 Å². The van der Waals surface area contributed by atoms with E-state index in [0.29, 0.717) is 12.8 Å². The second-order valence-electron chi connectivity index (χ2n) is 13.6. The second kappa shape index (κ2) is 34.9. The van der Waals surface area contributed by atoms with E-state index in [0.717, 1.165) is 69.6 Å². The average Bonchev–Trinajstić information content (AvgIpc) is 3.10. The van der Waals surface area contributed by atoms with Gasteiger partial charge in [-0.3, -0.25) is 0 Å². The Labute approximate surface area is 354 Å². The van der Waals surface area contributed by atoms with Crippen LogP contribution in [0, 0.1) is 0 Å². The standard InChI is InChI=1S/C42H70O7S.K/c1-3-5-7-9-11-13-15-17-19-21-23-25-27-29-31-35-48-41(43)39-34-33-38(50(45,46)47)37-40(39)42(44)49-36-32-30-28-26-24-22-20-18-16-14-12-10-8-6-4-2;/h15-18,33-34,37H,3-14,19-32,35-36H2,1-2H3,(H,45,46,47);/q;+1/p-1/b17-15+,18-16+;. The molecule has 1 rings (SSSR count). The van der Waals surface area contributed by atoms with Crippen LogP contribution in [0.25, 0.3) is 0 Å². The molecule has 0 bridgehead atoms. The molecule has 0 saturated carbocycles. The third-order valence-electron chi connectivity index (χ3n) is 9.00. The van der Waals surface area contributed by atoms with Crippen molar-refractivity contribution >= 4 is 22.1 Å². The number of ether oxygens (including phenoxy) is 2. The smallest absolute Gasteiger partial charge is 0.744 e. The summed E-state index contributed by atoms with van der Waals surface area (Å²) in [6.07, 6.45) is 39.3. The predicted octanol–water partition coefficient (Wildman–Crippen LogP) is 9.20. The fraction of sp³-hybridized carbons (Fsp3) is 0.714. The van der Waals surface area contributed by atoms with Gasteiger partial charge in [0.15, 0.2) is 0 Å². The van der Waals surface area contributed by atoms with Gasteiger partial charge in [0.05, 0.1) is 29.2 Å². The summed E-state index contributed by atoms with van der Waals surface area (Å²) in [6.45, 7) is 4.83. The van der Waals surface area contributed by atoms with Crippen LogP contribution >= 0.6 is 0 Å². The fourth-order valence-electron chi connectivity index (χ4n) is 5.86. The van der Waals surface area contributed by atoms with Crippen molar-refractivity contribution in [3.8, 4) is 0 Å². The molecule has 286 valence electrons. The van der Waals surface area contributed by atoms with Gasteiger partial charge in [-0.2, -0.15) is 0 Å². The van der Waals surface area contributed by atoms with Gasteiger partial charge in [0.1, 0.15) is 10.1 Å². The molecule has 0 radical (unpaired) electrons. The molecule has 0 aliphatic carbocycles. The van der Waals surface area contributed by atoms with Gasteiger partial charge in [0.2, 0.25) is 0 Å². The fourth-order valence-corrected chi connectivity index (χ4v) is 6.35. The molecule has 0 fully saturated rings. The minimum Gasteiger partial charge on any atom is -0.744 e. The van der Waals surface area contributed by atoms with E-state index in [1.165, 1.54) is 103 Å². The predicted molar refractivity (Wildman–Crippen MR) is 205 cm³/mol. The number of esters is 2. The zero-order chi connectivity index (χ0) is 36.5. The first-order valence-corrected chi connectivity index (χ1v) is 21.5. The summed E-state index contributed by atoms with van der Waals surface area (Å²) in [7, 11) is -4.82. The molecule has 0 spiro atoms. The van der Waals surface area contributed by atoms with Crippen molar-refractivity contribution in [2.75, 3.05) is 13.2 Å². The average molecular weight is 757 g/mol. The van der Waals surface area contributed by atoms with Gasteiger partial charge in [-0.15, -0.1) is 0 Å². The number of carbonyl (C=O) groups excluding carboxylic acids is 2. The van der Waals surface area contributed by atoms with Gasteiger partial charge >= 0.3 is 63.3 Å². The summed E-state index contributed by atoms with van der Waals surface area (Å²) in [4.78, 5) is 25.1. The van der Waals surface area contributed by atoms with Gasteiger partial charge in [-0.1, -0.05) is 141 Å². The largest absolute Gasteiger partial charge is 1.00 e.